The van der Waals surface area contributed by atoms with Crippen LogP contribution in [0.4, 0.5) is 0 Å². The molecule has 198 valence electrons. The first-order valence-electron chi connectivity index (χ1n) is 14.3. The lowest BCUT2D eigenvalue weighted by Gasteiger charge is -2.14. The molecule has 1 aliphatic rings. The number of furan rings is 2. The predicted octanol–water partition coefficient (Wildman–Crippen LogP) is 10.5. The maximum atomic E-state index is 9.72. The van der Waals surface area contributed by atoms with E-state index in [-0.39, 0.29) is 5.92 Å². The van der Waals surface area contributed by atoms with Gasteiger partial charge in [0.25, 0.3) is 0 Å². The van der Waals surface area contributed by atoms with Crippen LogP contribution in [-0.2, 0) is 0 Å². The van der Waals surface area contributed by atoms with E-state index in [4.69, 9.17) is 8.83 Å². The van der Waals surface area contributed by atoms with Gasteiger partial charge in [0.05, 0.1) is 22.8 Å². The Hall–Kier alpha value is -5.53. The molecule has 8 aromatic rings. The van der Waals surface area contributed by atoms with Crippen LogP contribution in [0.1, 0.15) is 30.6 Å². The van der Waals surface area contributed by atoms with E-state index in [9.17, 15) is 5.26 Å². The van der Waals surface area contributed by atoms with Crippen LogP contribution in [0.25, 0.3) is 77.6 Å². The number of hydrogen-bond acceptors (Lipinski definition) is 3. The third-order valence-corrected chi connectivity index (χ3v) is 8.82. The number of para-hydroxylation sites is 3. The molecule has 0 N–H and O–H groups in total. The molecular weight excluding hydrogens is 516 g/mol. The van der Waals surface area contributed by atoms with Crippen molar-refractivity contribution >= 4 is 60.8 Å². The van der Waals surface area contributed by atoms with Crippen LogP contribution >= 0.6 is 0 Å². The molecule has 0 saturated heterocycles. The largest absolute Gasteiger partial charge is 0.460 e. The molecule has 0 bridgehead atoms. The molecule has 4 nitrogen and oxygen atoms in total. The molecule has 0 radical (unpaired) electrons. The van der Waals surface area contributed by atoms with Crippen LogP contribution in [0, 0.1) is 11.3 Å². The van der Waals surface area contributed by atoms with Crippen molar-refractivity contribution in [1.82, 2.24) is 4.57 Å². The number of nitrogens with zero attached hydrogens (tertiary/aromatic N) is 2. The average Bonchev–Trinajstić information content (AvgIpc) is 3.70. The Morgan fingerprint density at radius 3 is 2.14 bits per heavy atom. The zero-order valence-electron chi connectivity index (χ0n) is 22.9. The summed E-state index contributed by atoms with van der Waals surface area (Å²) in [4.78, 5) is 0. The van der Waals surface area contributed by atoms with Crippen LogP contribution in [-0.4, -0.2) is 4.57 Å². The predicted molar refractivity (Wildman–Crippen MR) is 170 cm³/mol. The third kappa shape index (κ3) is 3.11. The van der Waals surface area contributed by atoms with E-state index in [1.165, 1.54) is 21.8 Å². The van der Waals surface area contributed by atoms with Gasteiger partial charge in [0.15, 0.2) is 0 Å². The molecule has 1 aliphatic carbocycles. The van der Waals surface area contributed by atoms with Gasteiger partial charge in [-0.05, 0) is 60.5 Å². The van der Waals surface area contributed by atoms with E-state index in [0.29, 0.717) is 6.42 Å². The second-order valence-electron chi connectivity index (χ2n) is 11.3. The van der Waals surface area contributed by atoms with Gasteiger partial charge < -0.3 is 13.4 Å². The summed E-state index contributed by atoms with van der Waals surface area (Å²) in [5.74, 6) is 1.09. The van der Waals surface area contributed by atoms with Gasteiger partial charge in [-0.1, -0.05) is 67.6 Å². The topological polar surface area (TPSA) is 55.0 Å². The molecule has 4 heteroatoms. The number of hydrogen-bond donors (Lipinski definition) is 0. The Morgan fingerprint density at radius 1 is 0.714 bits per heavy atom. The number of aromatic nitrogens is 1. The molecule has 0 saturated carbocycles. The van der Waals surface area contributed by atoms with Crippen molar-refractivity contribution in [2.24, 2.45) is 0 Å². The summed E-state index contributed by atoms with van der Waals surface area (Å²) in [7, 11) is 0. The highest BCUT2D eigenvalue weighted by atomic mass is 16.3. The summed E-state index contributed by atoms with van der Waals surface area (Å²) in [5.41, 5.74) is 10.0. The van der Waals surface area contributed by atoms with Crippen molar-refractivity contribution in [3.63, 3.8) is 0 Å². The molecule has 0 amide bonds. The number of nitriles is 1. The first-order chi connectivity index (χ1) is 20.7. The standard InChI is InChI=1S/C38H24N2O2/c1-22-18-23(21-39)19-29-37-35(42-38(22)29)17-16-34-36(37)28-20-24(14-15-33(28)41-34)25-8-2-5-11-30(25)40-31-12-6-3-9-26(31)27-10-4-7-13-32(27)40/h2-17,19-20,22H,18H2,1H3. The van der Waals surface area contributed by atoms with E-state index in [0.717, 1.165) is 66.6 Å². The quantitative estimate of drug-likeness (QED) is 0.219. The van der Waals surface area contributed by atoms with Crippen molar-refractivity contribution in [2.45, 2.75) is 19.3 Å². The first kappa shape index (κ1) is 23.2. The molecule has 1 unspecified atom stereocenters. The summed E-state index contributed by atoms with van der Waals surface area (Å²) in [6, 6.07) is 38.6. The van der Waals surface area contributed by atoms with Gasteiger partial charge in [0, 0.05) is 49.5 Å². The van der Waals surface area contributed by atoms with Gasteiger partial charge in [0.1, 0.15) is 22.5 Å². The highest BCUT2D eigenvalue weighted by molar-refractivity contribution is 6.21. The first-order valence-corrected chi connectivity index (χ1v) is 14.3. The third-order valence-electron chi connectivity index (χ3n) is 8.82. The Labute approximate surface area is 241 Å². The lowest BCUT2D eigenvalue weighted by atomic mass is 9.88. The Bertz CT molecular complexity index is 2420. The van der Waals surface area contributed by atoms with Gasteiger partial charge in [-0.3, -0.25) is 0 Å². The smallest absolute Gasteiger partial charge is 0.136 e. The van der Waals surface area contributed by atoms with Gasteiger partial charge in [-0.2, -0.15) is 5.26 Å². The summed E-state index contributed by atoms with van der Waals surface area (Å²) < 4.78 is 15.1. The molecule has 9 rings (SSSR count). The van der Waals surface area contributed by atoms with E-state index < -0.39 is 0 Å². The molecule has 3 aromatic heterocycles. The zero-order chi connectivity index (χ0) is 27.9. The molecule has 3 heterocycles. The second-order valence-corrected chi connectivity index (χ2v) is 11.3. The molecule has 0 aliphatic heterocycles. The summed E-state index contributed by atoms with van der Waals surface area (Å²) >= 11 is 0. The molecule has 42 heavy (non-hydrogen) atoms. The minimum absolute atomic E-state index is 0.147. The Morgan fingerprint density at radius 2 is 1.38 bits per heavy atom. The lowest BCUT2D eigenvalue weighted by molar-refractivity contribution is 0.501. The molecule has 1 atom stereocenters. The van der Waals surface area contributed by atoms with Crippen LogP contribution in [0.5, 0.6) is 0 Å². The Kier molecular flexibility index (Phi) is 4.69. The minimum Gasteiger partial charge on any atom is -0.460 e. The number of allylic oxidation sites excluding steroid dienone is 1. The fourth-order valence-electron chi connectivity index (χ4n) is 7.00. The van der Waals surface area contributed by atoms with Crippen molar-refractivity contribution < 1.29 is 8.83 Å². The monoisotopic (exact) mass is 540 g/mol. The average molecular weight is 541 g/mol. The van der Waals surface area contributed by atoms with Crippen molar-refractivity contribution in [3.8, 4) is 22.9 Å². The van der Waals surface area contributed by atoms with Gasteiger partial charge in [0.2, 0.25) is 0 Å². The zero-order valence-corrected chi connectivity index (χ0v) is 22.9. The summed E-state index contributed by atoms with van der Waals surface area (Å²) in [5, 5.41) is 15.3. The SMILES string of the molecule is CC1CC(C#N)=Cc2c1oc1ccc3oc4ccc(-c5ccccc5-n5c6ccccc6c6ccccc65)cc4c3c21. The van der Waals surface area contributed by atoms with E-state index in [2.05, 4.69) is 109 Å². The van der Waals surface area contributed by atoms with Crippen LogP contribution in [0.15, 0.2) is 118 Å². The second kappa shape index (κ2) is 8.49. The minimum atomic E-state index is 0.147. The molecule has 0 spiro atoms. The van der Waals surface area contributed by atoms with Crippen LogP contribution in [0.2, 0.25) is 0 Å². The highest BCUT2D eigenvalue weighted by Gasteiger charge is 2.27. The van der Waals surface area contributed by atoms with E-state index in [1.54, 1.807) is 0 Å². The van der Waals surface area contributed by atoms with Crippen molar-refractivity contribution in [1.29, 1.82) is 5.26 Å². The van der Waals surface area contributed by atoms with Gasteiger partial charge in [-0.25, -0.2) is 0 Å². The van der Waals surface area contributed by atoms with E-state index in [1.807, 2.05) is 18.2 Å². The Balaban J connectivity index is 1.33. The summed E-state index contributed by atoms with van der Waals surface area (Å²) in [6.07, 6.45) is 2.70. The van der Waals surface area contributed by atoms with Crippen LogP contribution < -0.4 is 0 Å². The lowest BCUT2D eigenvalue weighted by Crippen LogP contribution is -2.00. The molecule has 5 aromatic carbocycles. The van der Waals surface area contributed by atoms with Crippen LogP contribution in [0.3, 0.4) is 0 Å². The van der Waals surface area contributed by atoms with Crippen molar-refractivity contribution in [3.05, 3.63) is 120 Å². The normalized spacial score (nSPS) is 15.0. The molecule has 0 fully saturated rings. The summed E-state index contributed by atoms with van der Waals surface area (Å²) in [6.45, 7) is 2.12. The maximum Gasteiger partial charge on any atom is 0.136 e. The maximum absolute atomic E-state index is 9.72. The fraction of sp³-hybridized carbons (Fsp3) is 0.0789. The van der Waals surface area contributed by atoms with Crippen molar-refractivity contribution in [2.75, 3.05) is 0 Å². The number of benzene rings is 5. The van der Waals surface area contributed by atoms with E-state index >= 15 is 0 Å². The van der Waals surface area contributed by atoms with Gasteiger partial charge >= 0.3 is 0 Å². The fourth-order valence-corrected chi connectivity index (χ4v) is 7.00. The highest BCUT2D eigenvalue weighted by Crippen LogP contribution is 2.45. The number of fused-ring (bicyclic) bond motifs is 10. The van der Waals surface area contributed by atoms with Gasteiger partial charge in [-0.15, -0.1) is 0 Å². The molecular formula is C38H24N2O2. The number of rotatable bonds is 2.